The van der Waals surface area contributed by atoms with Gasteiger partial charge < -0.3 is 5.11 Å². The van der Waals surface area contributed by atoms with E-state index in [0.717, 1.165) is 37.5 Å². The van der Waals surface area contributed by atoms with Crippen molar-refractivity contribution in [2.45, 2.75) is 65.7 Å². The second-order valence-electron chi connectivity index (χ2n) is 8.16. The normalized spacial score (nSPS) is 39.5. The number of allylic oxidation sites excluding steroid dienone is 3. The summed E-state index contributed by atoms with van der Waals surface area (Å²) in [5.41, 5.74) is 2.88. The van der Waals surface area contributed by atoms with Crippen molar-refractivity contribution in [3.05, 3.63) is 23.8 Å². The Balaban J connectivity index is 2.22. The number of hydrogen-bond acceptors (Lipinski definition) is 2. The molecule has 0 spiro atoms. The minimum atomic E-state index is 0.0691. The zero-order valence-corrected chi connectivity index (χ0v) is 14.5. The summed E-state index contributed by atoms with van der Waals surface area (Å²) in [7, 11) is 0. The van der Waals surface area contributed by atoms with E-state index in [4.69, 9.17) is 0 Å². The van der Waals surface area contributed by atoms with E-state index >= 15 is 0 Å². The van der Waals surface area contributed by atoms with Gasteiger partial charge in [-0.1, -0.05) is 38.0 Å². The molecule has 2 heteroatoms. The first-order valence-electron chi connectivity index (χ1n) is 8.77. The van der Waals surface area contributed by atoms with E-state index in [1.165, 1.54) is 24.8 Å². The Hall–Kier alpha value is -0.890. The van der Waals surface area contributed by atoms with Crippen LogP contribution >= 0.6 is 0 Å². The van der Waals surface area contributed by atoms with Crippen molar-refractivity contribution < 1.29 is 9.90 Å². The summed E-state index contributed by atoms with van der Waals surface area (Å²) in [5, 5.41) is 9.97. The Morgan fingerprint density at radius 3 is 2.77 bits per heavy atom. The van der Waals surface area contributed by atoms with E-state index in [2.05, 4.69) is 20.4 Å². The maximum Gasteiger partial charge on any atom is 0.142 e. The van der Waals surface area contributed by atoms with Crippen molar-refractivity contribution in [3.8, 4) is 0 Å². The highest BCUT2D eigenvalue weighted by atomic mass is 16.3. The van der Waals surface area contributed by atoms with Gasteiger partial charge in [-0.2, -0.15) is 0 Å². The average molecular weight is 304 g/mol. The Kier molecular flexibility index (Phi) is 5.32. The van der Waals surface area contributed by atoms with Crippen molar-refractivity contribution in [2.75, 3.05) is 6.61 Å². The van der Waals surface area contributed by atoms with Gasteiger partial charge in [-0.3, -0.25) is 4.79 Å². The van der Waals surface area contributed by atoms with Crippen LogP contribution in [0, 0.1) is 22.7 Å². The number of carbonyl (C=O) groups is 1. The quantitative estimate of drug-likeness (QED) is 0.455. The molecule has 0 radical (unpaired) electrons. The van der Waals surface area contributed by atoms with Crippen LogP contribution in [0.25, 0.3) is 0 Å². The Morgan fingerprint density at radius 2 is 2.14 bits per heavy atom. The van der Waals surface area contributed by atoms with Gasteiger partial charge in [-0.15, -0.1) is 0 Å². The van der Waals surface area contributed by atoms with E-state index < -0.39 is 0 Å². The molecule has 124 valence electrons. The summed E-state index contributed by atoms with van der Waals surface area (Å²) in [4.78, 5) is 10.6. The third-order valence-electron chi connectivity index (χ3n) is 6.68. The monoisotopic (exact) mass is 304 g/mol. The van der Waals surface area contributed by atoms with Crippen molar-refractivity contribution in [3.63, 3.8) is 0 Å². The van der Waals surface area contributed by atoms with Gasteiger partial charge in [-0.05, 0) is 74.2 Å². The minimum Gasteiger partial charge on any atom is -0.396 e. The SMILES string of the molecule is C=C1CCC2C(C)(CO)CCCC2(C)C1CCC(C)=CC=O. The maximum atomic E-state index is 10.6. The Labute approximate surface area is 135 Å². The predicted molar refractivity (Wildman–Crippen MR) is 91.6 cm³/mol. The zero-order valence-electron chi connectivity index (χ0n) is 14.5. The first-order chi connectivity index (χ1) is 10.4. The minimum absolute atomic E-state index is 0.0691. The molecular weight excluding hydrogens is 272 g/mol. The van der Waals surface area contributed by atoms with Crippen molar-refractivity contribution in [1.29, 1.82) is 0 Å². The van der Waals surface area contributed by atoms with Crippen molar-refractivity contribution >= 4 is 6.29 Å². The average Bonchev–Trinajstić information content (AvgIpc) is 2.46. The Morgan fingerprint density at radius 1 is 1.41 bits per heavy atom. The molecule has 2 rings (SSSR count). The molecule has 0 aliphatic heterocycles. The van der Waals surface area contributed by atoms with Crippen LogP contribution in [0.4, 0.5) is 0 Å². The lowest BCUT2D eigenvalue weighted by atomic mass is 9.47. The topological polar surface area (TPSA) is 37.3 Å². The molecule has 0 amide bonds. The van der Waals surface area contributed by atoms with Gasteiger partial charge in [0.25, 0.3) is 0 Å². The lowest BCUT2D eigenvalue weighted by molar-refractivity contribution is -0.104. The molecule has 1 N–H and O–H groups in total. The van der Waals surface area contributed by atoms with Gasteiger partial charge in [0.15, 0.2) is 0 Å². The fraction of sp³-hybridized carbons (Fsp3) is 0.750. The number of rotatable bonds is 5. The van der Waals surface area contributed by atoms with Crippen LogP contribution in [0.15, 0.2) is 23.8 Å². The first kappa shape index (κ1) is 17.5. The molecular formula is C20H32O2. The van der Waals surface area contributed by atoms with Crippen molar-refractivity contribution in [2.24, 2.45) is 22.7 Å². The van der Waals surface area contributed by atoms with Crippen LogP contribution in [-0.4, -0.2) is 18.0 Å². The summed E-state index contributed by atoms with van der Waals surface area (Å²) in [6.07, 6.45) is 10.5. The molecule has 0 bridgehead atoms. The largest absolute Gasteiger partial charge is 0.396 e. The van der Waals surface area contributed by atoms with Gasteiger partial charge in [-0.25, -0.2) is 0 Å². The summed E-state index contributed by atoms with van der Waals surface area (Å²) in [5.74, 6) is 1.11. The second-order valence-corrected chi connectivity index (χ2v) is 8.16. The number of hydrogen-bond donors (Lipinski definition) is 1. The van der Waals surface area contributed by atoms with Gasteiger partial charge in [0.2, 0.25) is 0 Å². The van der Waals surface area contributed by atoms with Crippen LogP contribution in [0.5, 0.6) is 0 Å². The Bertz CT molecular complexity index is 464. The molecule has 2 aliphatic carbocycles. The molecule has 0 aromatic heterocycles. The molecule has 2 aliphatic rings. The summed E-state index contributed by atoms with van der Waals surface area (Å²) >= 11 is 0. The predicted octanol–water partition coefficient (Wildman–Crippen LogP) is 4.68. The number of aliphatic hydroxyl groups excluding tert-OH is 1. The summed E-state index contributed by atoms with van der Waals surface area (Å²) in [6.45, 7) is 11.4. The molecule has 0 aromatic rings. The lowest BCUT2D eigenvalue weighted by Crippen LogP contribution is -2.51. The van der Waals surface area contributed by atoms with E-state index in [1.807, 2.05) is 6.92 Å². The number of carbonyl (C=O) groups excluding carboxylic acids is 1. The van der Waals surface area contributed by atoms with Gasteiger partial charge >= 0.3 is 0 Å². The smallest absolute Gasteiger partial charge is 0.142 e. The van der Waals surface area contributed by atoms with E-state index in [1.54, 1.807) is 6.08 Å². The fourth-order valence-electron chi connectivity index (χ4n) is 5.38. The molecule has 0 aromatic carbocycles. The van der Waals surface area contributed by atoms with Gasteiger partial charge in [0.1, 0.15) is 6.29 Å². The molecule has 22 heavy (non-hydrogen) atoms. The molecule has 2 fully saturated rings. The van der Waals surface area contributed by atoms with Crippen LogP contribution in [0.1, 0.15) is 65.7 Å². The third kappa shape index (κ3) is 3.08. The lowest BCUT2D eigenvalue weighted by Gasteiger charge is -2.58. The number of aldehydes is 1. The number of aliphatic hydroxyl groups is 1. The molecule has 2 saturated carbocycles. The molecule has 0 heterocycles. The van der Waals surface area contributed by atoms with Crippen LogP contribution in [0.2, 0.25) is 0 Å². The zero-order chi connectivity index (χ0) is 16.4. The van der Waals surface area contributed by atoms with Gasteiger partial charge in [0, 0.05) is 6.61 Å². The highest BCUT2D eigenvalue weighted by Gasteiger charge is 2.53. The van der Waals surface area contributed by atoms with Crippen LogP contribution in [0.3, 0.4) is 0 Å². The van der Waals surface area contributed by atoms with Crippen molar-refractivity contribution in [1.82, 2.24) is 0 Å². The first-order valence-corrected chi connectivity index (χ1v) is 8.77. The van der Waals surface area contributed by atoms with E-state index in [-0.39, 0.29) is 10.8 Å². The fourth-order valence-corrected chi connectivity index (χ4v) is 5.38. The standard InChI is InChI=1S/C20H32O2/c1-15(10-13-21)6-8-17-16(2)7-9-18-19(3,14-22)11-5-12-20(17,18)4/h10,13,17-18,22H,2,5-9,11-12,14H2,1,3-4H3. The van der Waals surface area contributed by atoms with E-state index in [0.29, 0.717) is 18.4 Å². The van der Waals surface area contributed by atoms with Crippen LogP contribution < -0.4 is 0 Å². The second kappa shape index (κ2) is 6.70. The van der Waals surface area contributed by atoms with E-state index in [9.17, 15) is 9.90 Å². The molecule has 4 unspecified atom stereocenters. The van der Waals surface area contributed by atoms with Crippen LogP contribution in [-0.2, 0) is 4.79 Å². The summed E-state index contributed by atoms with van der Waals surface area (Å²) in [6, 6.07) is 0. The maximum absolute atomic E-state index is 10.6. The third-order valence-corrected chi connectivity index (χ3v) is 6.68. The van der Waals surface area contributed by atoms with Gasteiger partial charge in [0.05, 0.1) is 0 Å². The highest BCUT2D eigenvalue weighted by molar-refractivity contribution is 5.65. The molecule has 2 nitrogen and oxygen atoms in total. The number of fused-ring (bicyclic) bond motifs is 1. The molecule has 0 saturated heterocycles. The molecule has 4 atom stereocenters. The summed E-state index contributed by atoms with van der Waals surface area (Å²) < 4.78 is 0. The highest BCUT2D eigenvalue weighted by Crippen LogP contribution is 2.61.